The lowest BCUT2D eigenvalue weighted by Gasteiger charge is -2.09. The van der Waals surface area contributed by atoms with Crippen LogP contribution in [0.5, 0.6) is 17.2 Å². The van der Waals surface area contributed by atoms with Crippen molar-refractivity contribution in [2.24, 2.45) is 0 Å². The number of halogens is 1. The first kappa shape index (κ1) is 14.2. The van der Waals surface area contributed by atoms with Crippen LogP contribution in [0.15, 0.2) is 40.9 Å². The van der Waals surface area contributed by atoms with Crippen molar-refractivity contribution < 1.29 is 19.7 Å². The van der Waals surface area contributed by atoms with Crippen molar-refractivity contribution >= 4 is 27.5 Å². The average molecular weight is 338 g/mol. The number of hydrogen-bond acceptors (Lipinski definition) is 4. The molecule has 0 aromatic heterocycles. The molecule has 0 atom stereocenters. The Morgan fingerprint density at radius 1 is 1.15 bits per heavy atom. The zero-order valence-electron chi connectivity index (χ0n) is 10.6. The van der Waals surface area contributed by atoms with Gasteiger partial charge >= 0.3 is 0 Å². The van der Waals surface area contributed by atoms with E-state index in [-0.39, 0.29) is 17.1 Å². The van der Waals surface area contributed by atoms with E-state index >= 15 is 0 Å². The summed E-state index contributed by atoms with van der Waals surface area (Å²) in [5.74, 6) is -0.419. The van der Waals surface area contributed by atoms with Gasteiger partial charge in [0.15, 0.2) is 11.5 Å². The van der Waals surface area contributed by atoms with Gasteiger partial charge in [-0.3, -0.25) is 4.79 Å². The van der Waals surface area contributed by atoms with Crippen LogP contribution in [0.3, 0.4) is 0 Å². The Morgan fingerprint density at radius 3 is 2.55 bits per heavy atom. The van der Waals surface area contributed by atoms with Crippen molar-refractivity contribution in [1.82, 2.24) is 0 Å². The van der Waals surface area contributed by atoms with E-state index in [1.54, 1.807) is 18.2 Å². The summed E-state index contributed by atoms with van der Waals surface area (Å²) in [4.78, 5) is 12.1. The molecule has 2 aromatic rings. The first-order valence-electron chi connectivity index (χ1n) is 5.68. The van der Waals surface area contributed by atoms with Gasteiger partial charge in [0.1, 0.15) is 5.75 Å². The fourth-order valence-corrected chi connectivity index (χ4v) is 1.93. The highest BCUT2D eigenvalue weighted by molar-refractivity contribution is 9.10. The maximum Gasteiger partial charge on any atom is 0.255 e. The predicted molar refractivity (Wildman–Crippen MR) is 78.4 cm³/mol. The van der Waals surface area contributed by atoms with Gasteiger partial charge in [-0.05, 0) is 46.3 Å². The van der Waals surface area contributed by atoms with E-state index in [0.717, 1.165) is 0 Å². The molecule has 6 heteroatoms. The van der Waals surface area contributed by atoms with Crippen LogP contribution in [0, 0.1) is 0 Å². The number of carbonyl (C=O) groups is 1. The minimum Gasteiger partial charge on any atom is -0.504 e. The molecule has 0 bridgehead atoms. The van der Waals surface area contributed by atoms with E-state index in [0.29, 0.717) is 15.9 Å². The summed E-state index contributed by atoms with van der Waals surface area (Å²) in [6.07, 6.45) is 0. The van der Waals surface area contributed by atoms with Gasteiger partial charge in [-0.25, -0.2) is 0 Å². The van der Waals surface area contributed by atoms with E-state index < -0.39 is 5.91 Å². The van der Waals surface area contributed by atoms with Crippen molar-refractivity contribution in [2.45, 2.75) is 0 Å². The molecule has 0 aliphatic rings. The number of phenolic OH excluding ortho intramolecular Hbond substituents is 2. The average Bonchev–Trinajstić information content (AvgIpc) is 2.44. The van der Waals surface area contributed by atoms with Gasteiger partial charge in [0, 0.05) is 16.1 Å². The number of aromatic hydroxyl groups is 2. The van der Waals surface area contributed by atoms with Gasteiger partial charge in [-0.15, -0.1) is 0 Å². The Hall–Kier alpha value is -2.21. The van der Waals surface area contributed by atoms with Crippen LogP contribution >= 0.6 is 15.9 Å². The van der Waals surface area contributed by atoms with Crippen molar-refractivity contribution in [1.29, 1.82) is 0 Å². The molecule has 20 heavy (non-hydrogen) atoms. The van der Waals surface area contributed by atoms with E-state index in [1.165, 1.54) is 25.3 Å². The van der Waals surface area contributed by atoms with Gasteiger partial charge in [0.2, 0.25) is 0 Å². The highest BCUT2D eigenvalue weighted by Gasteiger charge is 2.11. The highest BCUT2D eigenvalue weighted by atomic mass is 79.9. The van der Waals surface area contributed by atoms with Crippen molar-refractivity contribution in [3.8, 4) is 17.2 Å². The molecular weight excluding hydrogens is 326 g/mol. The van der Waals surface area contributed by atoms with Crippen LogP contribution in [0.1, 0.15) is 10.4 Å². The molecule has 0 heterocycles. The number of nitrogens with one attached hydrogen (secondary N) is 1. The normalized spacial score (nSPS) is 10.1. The van der Waals surface area contributed by atoms with Gasteiger partial charge in [-0.2, -0.15) is 0 Å². The van der Waals surface area contributed by atoms with Crippen LogP contribution in [0.2, 0.25) is 0 Å². The van der Waals surface area contributed by atoms with Crippen LogP contribution in [0.25, 0.3) is 0 Å². The molecule has 0 aliphatic heterocycles. The van der Waals surface area contributed by atoms with Crippen LogP contribution in [0.4, 0.5) is 5.69 Å². The lowest BCUT2D eigenvalue weighted by molar-refractivity contribution is 0.102. The number of phenols is 2. The molecule has 0 unspecified atom stereocenters. The van der Waals surface area contributed by atoms with Crippen LogP contribution < -0.4 is 10.1 Å². The largest absolute Gasteiger partial charge is 0.504 e. The Balaban J connectivity index is 2.25. The number of ether oxygens (including phenoxy) is 1. The number of hydrogen-bond donors (Lipinski definition) is 3. The number of amides is 1. The summed E-state index contributed by atoms with van der Waals surface area (Å²) < 4.78 is 5.79. The second-order valence-electron chi connectivity index (χ2n) is 4.00. The van der Waals surface area contributed by atoms with Crippen LogP contribution in [-0.4, -0.2) is 23.2 Å². The van der Waals surface area contributed by atoms with E-state index in [2.05, 4.69) is 21.2 Å². The fraction of sp³-hybridized carbons (Fsp3) is 0.0714. The Morgan fingerprint density at radius 2 is 1.90 bits per heavy atom. The molecule has 0 fully saturated rings. The maximum atomic E-state index is 12.1. The third kappa shape index (κ3) is 3.03. The monoisotopic (exact) mass is 337 g/mol. The molecule has 0 saturated carbocycles. The van der Waals surface area contributed by atoms with Crippen molar-refractivity contribution in [2.75, 3.05) is 12.4 Å². The lowest BCUT2D eigenvalue weighted by atomic mass is 10.2. The van der Waals surface area contributed by atoms with Crippen molar-refractivity contribution in [3.05, 3.63) is 46.4 Å². The summed E-state index contributed by atoms with van der Waals surface area (Å²) in [5.41, 5.74) is 0.775. The number of carbonyl (C=O) groups excluding carboxylic acids is 1. The molecule has 5 nitrogen and oxygen atoms in total. The van der Waals surface area contributed by atoms with Gasteiger partial charge in [0.25, 0.3) is 5.91 Å². The summed E-state index contributed by atoms with van der Waals surface area (Å²) in [6.45, 7) is 0. The predicted octanol–water partition coefficient (Wildman–Crippen LogP) is 3.12. The highest BCUT2D eigenvalue weighted by Crippen LogP contribution is 2.29. The Kier molecular flexibility index (Phi) is 4.14. The van der Waals surface area contributed by atoms with Crippen molar-refractivity contribution in [3.63, 3.8) is 0 Å². The number of anilines is 1. The molecule has 0 radical (unpaired) electrons. The molecule has 0 spiro atoms. The van der Waals surface area contributed by atoms with Gasteiger partial charge in [-0.1, -0.05) is 0 Å². The summed E-state index contributed by atoms with van der Waals surface area (Å²) in [5, 5.41) is 21.3. The Labute approximate surface area is 123 Å². The smallest absolute Gasteiger partial charge is 0.255 e. The second kappa shape index (κ2) is 5.83. The SMILES string of the molecule is COc1ccc(Br)c(NC(=O)c2ccc(O)c(O)c2)c1. The first-order valence-corrected chi connectivity index (χ1v) is 6.47. The zero-order valence-corrected chi connectivity index (χ0v) is 12.1. The molecule has 2 aromatic carbocycles. The maximum absolute atomic E-state index is 12.1. The fourth-order valence-electron chi connectivity index (χ4n) is 1.59. The third-order valence-corrected chi connectivity index (χ3v) is 3.35. The second-order valence-corrected chi connectivity index (χ2v) is 4.86. The molecule has 2 rings (SSSR count). The number of benzene rings is 2. The topological polar surface area (TPSA) is 78.8 Å². The lowest BCUT2D eigenvalue weighted by Crippen LogP contribution is -2.12. The van der Waals surface area contributed by atoms with Gasteiger partial charge in [0.05, 0.1) is 12.8 Å². The van der Waals surface area contributed by atoms with Gasteiger partial charge < -0.3 is 20.3 Å². The zero-order chi connectivity index (χ0) is 14.7. The molecule has 0 aliphatic carbocycles. The molecular formula is C14H12BrNO4. The van der Waals surface area contributed by atoms with Crippen LogP contribution in [-0.2, 0) is 0 Å². The minimum atomic E-state index is -0.408. The number of methoxy groups -OCH3 is 1. The molecule has 0 saturated heterocycles. The quantitative estimate of drug-likeness (QED) is 0.752. The molecule has 3 N–H and O–H groups in total. The summed E-state index contributed by atoms with van der Waals surface area (Å²) in [7, 11) is 1.53. The van der Waals surface area contributed by atoms with E-state index in [9.17, 15) is 15.0 Å². The molecule has 104 valence electrons. The summed E-state index contributed by atoms with van der Waals surface area (Å²) >= 11 is 3.33. The first-order chi connectivity index (χ1) is 9.51. The van der Waals surface area contributed by atoms with E-state index in [4.69, 9.17) is 4.74 Å². The molecule has 1 amide bonds. The Bertz CT molecular complexity index is 658. The standard InChI is InChI=1S/C14H12BrNO4/c1-20-9-3-4-10(15)11(7-9)16-14(19)8-2-5-12(17)13(18)6-8/h2-7,17-18H,1H3,(H,16,19). The van der Waals surface area contributed by atoms with E-state index in [1.807, 2.05) is 0 Å². The third-order valence-electron chi connectivity index (χ3n) is 2.66. The number of rotatable bonds is 3. The minimum absolute atomic E-state index is 0.231. The summed E-state index contributed by atoms with van der Waals surface area (Å²) in [6, 6.07) is 9.04.